The van der Waals surface area contributed by atoms with Crippen molar-refractivity contribution in [1.82, 2.24) is 14.5 Å². The van der Waals surface area contributed by atoms with Crippen LogP contribution in [0.1, 0.15) is 5.56 Å². The minimum atomic E-state index is -3.41. The molecule has 30 heavy (non-hydrogen) atoms. The van der Waals surface area contributed by atoms with Crippen molar-refractivity contribution in [3.05, 3.63) is 65.2 Å². The Morgan fingerprint density at radius 2 is 1.67 bits per heavy atom. The van der Waals surface area contributed by atoms with Gasteiger partial charge in [0.1, 0.15) is 5.75 Å². The third kappa shape index (κ3) is 6.98. The zero-order valence-corrected chi connectivity index (χ0v) is 18.2. The van der Waals surface area contributed by atoms with Gasteiger partial charge >= 0.3 is 0 Å². The van der Waals surface area contributed by atoms with Crippen molar-refractivity contribution in [3.63, 3.8) is 0 Å². The van der Waals surface area contributed by atoms with Crippen molar-refractivity contribution in [2.24, 2.45) is 0 Å². The largest absolute Gasteiger partial charge is 0.484 e. The van der Waals surface area contributed by atoms with Crippen molar-refractivity contribution >= 4 is 27.5 Å². The predicted octanol–water partition coefficient (Wildman–Crippen LogP) is 1.98. The van der Waals surface area contributed by atoms with Crippen LogP contribution < -0.4 is 10.1 Å². The number of ether oxygens (including phenoxy) is 1. The lowest BCUT2D eigenvalue weighted by Crippen LogP contribution is -2.49. The highest BCUT2D eigenvalue weighted by atomic mass is 35.5. The zero-order valence-electron chi connectivity index (χ0n) is 16.7. The number of hydrogen-bond donors (Lipinski definition) is 1. The lowest BCUT2D eigenvalue weighted by molar-refractivity contribution is -0.122. The van der Waals surface area contributed by atoms with Crippen LogP contribution in [-0.2, 0) is 21.4 Å². The third-order valence-electron chi connectivity index (χ3n) is 4.84. The summed E-state index contributed by atoms with van der Waals surface area (Å²) < 4.78 is 32.0. The van der Waals surface area contributed by atoms with Crippen LogP contribution in [0.2, 0.25) is 5.02 Å². The van der Waals surface area contributed by atoms with Gasteiger partial charge in [-0.1, -0.05) is 41.9 Å². The Bertz CT molecular complexity index is 915. The topological polar surface area (TPSA) is 78.9 Å². The van der Waals surface area contributed by atoms with Crippen LogP contribution in [0.25, 0.3) is 0 Å². The number of carbonyl (C=O) groups is 1. The van der Waals surface area contributed by atoms with Crippen LogP contribution in [-0.4, -0.2) is 68.6 Å². The highest BCUT2D eigenvalue weighted by molar-refractivity contribution is 7.89. The Balaban J connectivity index is 1.36. The molecule has 0 radical (unpaired) electrons. The van der Waals surface area contributed by atoms with Gasteiger partial charge < -0.3 is 10.1 Å². The summed E-state index contributed by atoms with van der Waals surface area (Å²) in [5.41, 5.74) is 1.22. The van der Waals surface area contributed by atoms with Crippen LogP contribution in [0.15, 0.2) is 54.6 Å². The van der Waals surface area contributed by atoms with Gasteiger partial charge in [-0.2, -0.15) is 4.31 Å². The fourth-order valence-electron chi connectivity index (χ4n) is 3.19. The summed E-state index contributed by atoms with van der Waals surface area (Å²) >= 11 is 5.80. The van der Waals surface area contributed by atoms with Gasteiger partial charge in [-0.15, -0.1) is 0 Å². The van der Waals surface area contributed by atoms with Crippen LogP contribution >= 0.6 is 11.6 Å². The second kappa shape index (κ2) is 10.8. The van der Waals surface area contributed by atoms with E-state index in [-0.39, 0.29) is 24.8 Å². The molecule has 1 aliphatic rings. The normalized spacial score (nSPS) is 15.6. The van der Waals surface area contributed by atoms with Gasteiger partial charge in [0.25, 0.3) is 5.91 Å². The van der Waals surface area contributed by atoms with E-state index >= 15 is 0 Å². The summed E-state index contributed by atoms with van der Waals surface area (Å²) in [4.78, 5) is 14.1. The molecule has 2 aromatic carbocycles. The van der Waals surface area contributed by atoms with Crippen LogP contribution in [0.4, 0.5) is 0 Å². The Labute approximate surface area is 182 Å². The van der Waals surface area contributed by atoms with E-state index in [1.54, 1.807) is 24.3 Å². The molecule has 162 valence electrons. The summed E-state index contributed by atoms with van der Waals surface area (Å²) in [6.45, 7) is 2.99. The number of rotatable bonds is 9. The minimum absolute atomic E-state index is 0.0510. The Hall–Kier alpha value is -2.13. The van der Waals surface area contributed by atoms with Crippen LogP contribution in [0.3, 0.4) is 0 Å². The Kier molecular flexibility index (Phi) is 8.09. The number of sulfonamides is 1. The predicted molar refractivity (Wildman–Crippen MR) is 117 cm³/mol. The fraction of sp³-hybridized carbons (Fsp3) is 0.381. The molecule has 1 N–H and O–H groups in total. The van der Waals surface area contributed by atoms with E-state index < -0.39 is 10.0 Å². The molecule has 1 heterocycles. The van der Waals surface area contributed by atoms with Gasteiger partial charge in [-0.05, 0) is 29.8 Å². The van der Waals surface area contributed by atoms with E-state index in [0.29, 0.717) is 37.0 Å². The third-order valence-corrected chi connectivity index (χ3v) is 6.96. The molecule has 9 heteroatoms. The number of carbonyl (C=O) groups excluding carboxylic acids is 1. The molecule has 7 nitrogen and oxygen atoms in total. The quantitative estimate of drug-likeness (QED) is 0.630. The lowest BCUT2D eigenvalue weighted by Gasteiger charge is -2.34. The van der Waals surface area contributed by atoms with Crippen LogP contribution in [0.5, 0.6) is 5.75 Å². The maximum Gasteiger partial charge on any atom is 0.257 e. The molecule has 0 unspecified atom stereocenters. The SMILES string of the molecule is O=C(COc1ccc(Cl)cc1)NCCS(=O)(=O)N1CCN(Cc2ccccc2)CC1. The summed E-state index contributed by atoms with van der Waals surface area (Å²) in [5, 5.41) is 3.18. The van der Waals surface area contributed by atoms with Crippen molar-refractivity contribution in [2.75, 3.05) is 45.1 Å². The monoisotopic (exact) mass is 451 g/mol. The molecule has 1 fully saturated rings. The van der Waals surface area contributed by atoms with Gasteiger partial charge in [0.15, 0.2) is 6.61 Å². The van der Waals surface area contributed by atoms with E-state index in [4.69, 9.17) is 16.3 Å². The lowest BCUT2D eigenvalue weighted by atomic mass is 10.2. The Morgan fingerprint density at radius 3 is 2.33 bits per heavy atom. The number of piperazine rings is 1. The first-order valence-corrected chi connectivity index (χ1v) is 11.8. The molecule has 0 spiro atoms. The highest BCUT2D eigenvalue weighted by Crippen LogP contribution is 2.15. The second-order valence-corrected chi connectivity index (χ2v) is 9.59. The van der Waals surface area contributed by atoms with Crippen LogP contribution in [0, 0.1) is 0 Å². The first kappa shape index (κ1) is 22.6. The molecule has 0 aliphatic carbocycles. The van der Waals surface area contributed by atoms with Crippen molar-refractivity contribution in [1.29, 1.82) is 0 Å². The first-order valence-electron chi connectivity index (χ1n) is 9.81. The average molecular weight is 452 g/mol. The summed E-state index contributed by atoms with van der Waals surface area (Å²) in [6, 6.07) is 16.8. The number of nitrogens with one attached hydrogen (secondary N) is 1. The maximum atomic E-state index is 12.6. The average Bonchev–Trinajstić information content (AvgIpc) is 2.74. The van der Waals surface area contributed by atoms with E-state index in [2.05, 4.69) is 22.3 Å². The van der Waals surface area contributed by atoms with Crippen molar-refractivity contribution < 1.29 is 17.9 Å². The minimum Gasteiger partial charge on any atom is -0.484 e. The number of amides is 1. The highest BCUT2D eigenvalue weighted by Gasteiger charge is 2.26. The standard InChI is InChI=1S/C21H26ClN3O4S/c22-19-6-8-20(9-7-19)29-17-21(26)23-10-15-30(27,28)25-13-11-24(12-14-25)16-18-4-2-1-3-5-18/h1-9H,10-17H2,(H,23,26). The molecule has 1 aliphatic heterocycles. The van der Waals surface area contributed by atoms with Gasteiger partial charge in [0.05, 0.1) is 5.75 Å². The summed E-state index contributed by atoms with van der Waals surface area (Å²) in [5.74, 6) is 0.0293. The number of halogens is 1. The van der Waals surface area contributed by atoms with E-state index in [0.717, 1.165) is 6.54 Å². The Morgan fingerprint density at radius 1 is 1.00 bits per heavy atom. The van der Waals surface area contributed by atoms with E-state index in [1.165, 1.54) is 9.87 Å². The molecule has 0 atom stereocenters. The smallest absolute Gasteiger partial charge is 0.257 e. The molecule has 3 rings (SSSR count). The summed E-state index contributed by atoms with van der Waals surface area (Å²) in [6.07, 6.45) is 0. The zero-order chi connectivity index (χ0) is 21.4. The molecular formula is C21H26ClN3O4S. The summed E-state index contributed by atoms with van der Waals surface area (Å²) in [7, 11) is -3.41. The van der Waals surface area contributed by atoms with Gasteiger partial charge in [0, 0.05) is 44.3 Å². The molecular weight excluding hydrogens is 426 g/mol. The molecule has 1 amide bonds. The van der Waals surface area contributed by atoms with E-state index in [9.17, 15) is 13.2 Å². The fourth-order valence-corrected chi connectivity index (χ4v) is 4.65. The van der Waals surface area contributed by atoms with Gasteiger partial charge in [-0.25, -0.2) is 8.42 Å². The molecule has 0 saturated carbocycles. The van der Waals surface area contributed by atoms with Gasteiger partial charge in [0.2, 0.25) is 10.0 Å². The molecule has 2 aromatic rings. The van der Waals surface area contributed by atoms with Crippen molar-refractivity contribution in [3.8, 4) is 5.75 Å². The molecule has 0 aromatic heterocycles. The number of nitrogens with zero attached hydrogens (tertiary/aromatic N) is 2. The van der Waals surface area contributed by atoms with E-state index in [1.807, 2.05) is 18.2 Å². The molecule has 0 bridgehead atoms. The number of hydrogen-bond acceptors (Lipinski definition) is 5. The number of benzene rings is 2. The maximum absolute atomic E-state index is 12.6. The molecule has 1 saturated heterocycles. The van der Waals surface area contributed by atoms with Gasteiger partial charge in [-0.3, -0.25) is 9.69 Å². The first-order chi connectivity index (χ1) is 14.4. The second-order valence-electron chi connectivity index (χ2n) is 7.07. The van der Waals surface area contributed by atoms with Crippen molar-refractivity contribution in [2.45, 2.75) is 6.54 Å².